The van der Waals surface area contributed by atoms with E-state index in [0.717, 1.165) is 58.7 Å². The van der Waals surface area contributed by atoms with Crippen molar-refractivity contribution in [3.05, 3.63) is 36.0 Å². The van der Waals surface area contributed by atoms with Gasteiger partial charge in [0.1, 0.15) is 17.0 Å². The summed E-state index contributed by atoms with van der Waals surface area (Å²) >= 11 is 3.34. The van der Waals surface area contributed by atoms with E-state index in [9.17, 15) is 0 Å². The van der Waals surface area contributed by atoms with E-state index >= 15 is 0 Å². The molecule has 1 aliphatic rings. The lowest BCUT2D eigenvalue weighted by Crippen LogP contribution is -2.36. The summed E-state index contributed by atoms with van der Waals surface area (Å²) in [5.74, 6) is 0.837. The normalized spacial score (nSPS) is 15.1. The number of fused-ring (bicyclic) bond motifs is 2. The second-order valence-electron chi connectivity index (χ2n) is 5.77. The van der Waals surface area contributed by atoms with E-state index in [-0.39, 0.29) is 0 Å². The van der Waals surface area contributed by atoms with Crippen molar-refractivity contribution in [2.45, 2.75) is 0 Å². The molecule has 126 valence electrons. The van der Waals surface area contributed by atoms with Crippen LogP contribution in [0.15, 0.2) is 36.0 Å². The van der Waals surface area contributed by atoms with Gasteiger partial charge in [0.15, 0.2) is 5.13 Å². The Morgan fingerprint density at radius 1 is 1.12 bits per heavy atom. The van der Waals surface area contributed by atoms with E-state index in [4.69, 9.17) is 9.72 Å². The molecule has 4 heterocycles. The highest BCUT2D eigenvalue weighted by Gasteiger charge is 2.15. The third kappa shape index (κ3) is 2.82. The van der Waals surface area contributed by atoms with Gasteiger partial charge in [-0.2, -0.15) is 0 Å². The molecule has 1 saturated heterocycles. The highest BCUT2D eigenvalue weighted by atomic mass is 32.1. The Bertz CT molecular complexity index is 1040. The quantitative estimate of drug-likeness (QED) is 0.591. The zero-order valence-electron chi connectivity index (χ0n) is 13.3. The van der Waals surface area contributed by atoms with Gasteiger partial charge >= 0.3 is 0 Å². The molecule has 0 aliphatic carbocycles. The zero-order chi connectivity index (χ0) is 16.6. The van der Waals surface area contributed by atoms with Crippen molar-refractivity contribution in [3.8, 4) is 0 Å². The predicted octanol–water partition coefficient (Wildman–Crippen LogP) is 3.88. The lowest BCUT2D eigenvalue weighted by atomic mass is 10.3. The van der Waals surface area contributed by atoms with E-state index in [0.29, 0.717) is 0 Å². The van der Waals surface area contributed by atoms with Crippen molar-refractivity contribution in [3.63, 3.8) is 0 Å². The molecule has 1 aromatic carbocycles. The molecule has 0 spiro atoms. The molecule has 8 heteroatoms. The molecule has 1 aliphatic heterocycles. The molecule has 0 unspecified atom stereocenters. The first-order valence-electron chi connectivity index (χ1n) is 8.05. The fraction of sp³-hybridized carbons (Fsp3) is 0.235. The van der Waals surface area contributed by atoms with Crippen molar-refractivity contribution in [2.24, 2.45) is 0 Å². The topological polar surface area (TPSA) is 63.2 Å². The summed E-state index contributed by atoms with van der Waals surface area (Å²) in [5, 5.41) is 7.56. The maximum atomic E-state index is 5.42. The summed E-state index contributed by atoms with van der Waals surface area (Å²) < 4.78 is 6.59. The summed E-state index contributed by atoms with van der Waals surface area (Å²) in [6.45, 7) is 3.35. The minimum Gasteiger partial charge on any atom is -0.378 e. The van der Waals surface area contributed by atoms with Crippen molar-refractivity contribution in [2.75, 3.05) is 36.5 Å². The first-order valence-corrected chi connectivity index (χ1v) is 9.75. The maximum Gasteiger partial charge on any atom is 0.186 e. The minimum absolute atomic E-state index is 0.771. The number of thiophene rings is 1. The predicted molar refractivity (Wildman–Crippen MR) is 103 cm³/mol. The highest BCUT2D eigenvalue weighted by Crippen LogP contribution is 2.33. The van der Waals surface area contributed by atoms with Gasteiger partial charge in [0.25, 0.3) is 0 Å². The third-order valence-electron chi connectivity index (χ3n) is 4.18. The first kappa shape index (κ1) is 15.0. The number of nitrogens with zero attached hydrogens (tertiary/aromatic N) is 4. The molecule has 4 aromatic rings. The van der Waals surface area contributed by atoms with Crippen molar-refractivity contribution in [1.29, 1.82) is 0 Å². The Labute approximate surface area is 152 Å². The standard InChI is InChI=1S/C17H15N5OS2/c1-2-13-14(25-17(21-13)22-4-6-23-7-5-22)9-11(1)20-15-12-3-8-24-16(12)19-10-18-15/h1-3,8-10H,4-7H2,(H,18,19,20). The van der Waals surface area contributed by atoms with E-state index < -0.39 is 0 Å². The van der Waals surface area contributed by atoms with Crippen LogP contribution in [0, 0.1) is 0 Å². The summed E-state index contributed by atoms with van der Waals surface area (Å²) in [5.41, 5.74) is 2.04. The number of nitrogens with one attached hydrogen (secondary N) is 1. The van der Waals surface area contributed by atoms with E-state index in [1.54, 1.807) is 29.0 Å². The molecule has 0 atom stereocenters. The van der Waals surface area contributed by atoms with Crippen LogP contribution >= 0.6 is 22.7 Å². The Hall–Kier alpha value is -2.29. The maximum absolute atomic E-state index is 5.42. The SMILES string of the molecule is c1nc(Nc2ccc3nc(N4CCOCC4)sc3c2)c2ccsc2n1. The lowest BCUT2D eigenvalue weighted by Gasteiger charge is -2.25. The molecule has 25 heavy (non-hydrogen) atoms. The number of ether oxygens (including phenoxy) is 1. The second-order valence-corrected chi connectivity index (χ2v) is 7.67. The third-order valence-corrected chi connectivity index (χ3v) is 6.08. The fourth-order valence-corrected chi connectivity index (χ4v) is 4.70. The molecular weight excluding hydrogens is 354 g/mol. The smallest absolute Gasteiger partial charge is 0.186 e. The number of rotatable bonds is 3. The van der Waals surface area contributed by atoms with E-state index in [2.05, 4.69) is 32.3 Å². The van der Waals surface area contributed by atoms with Crippen LogP contribution in [0.3, 0.4) is 0 Å². The van der Waals surface area contributed by atoms with Gasteiger partial charge in [-0.3, -0.25) is 0 Å². The molecule has 3 aromatic heterocycles. The molecule has 0 radical (unpaired) electrons. The largest absolute Gasteiger partial charge is 0.378 e. The van der Waals surface area contributed by atoms with Crippen LogP contribution in [-0.4, -0.2) is 41.3 Å². The molecule has 0 saturated carbocycles. The van der Waals surface area contributed by atoms with Crippen LogP contribution in [0.2, 0.25) is 0 Å². The molecule has 6 nitrogen and oxygen atoms in total. The van der Waals surface area contributed by atoms with Gasteiger partial charge in [-0.15, -0.1) is 11.3 Å². The number of benzene rings is 1. The van der Waals surface area contributed by atoms with Gasteiger partial charge in [0.05, 0.1) is 28.8 Å². The zero-order valence-corrected chi connectivity index (χ0v) is 14.9. The van der Waals surface area contributed by atoms with E-state index in [1.807, 2.05) is 17.5 Å². The Kier molecular flexibility index (Phi) is 3.73. The average molecular weight is 369 g/mol. The fourth-order valence-electron chi connectivity index (χ4n) is 2.91. The molecular formula is C17H15N5OS2. The minimum atomic E-state index is 0.771. The molecule has 0 amide bonds. The highest BCUT2D eigenvalue weighted by molar-refractivity contribution is 7.22. The van der Waals surface area contributed by atoms with Crippen molar-refractivity contribution in [1.82, 2.24) is 15.0 Å². The van der Waals surface area contributed by atoms with Gasteiger partial charge < -0.3 is 15.0 Å². The number of morpholine rings is 1. The first-order chi connectivity index (χ1) is 12.4. The summed E-state index contributed by atoms with van der Waals surface area (Å²) in [7, 11) is 0. The van der Waals surface area contributed by atoms with Crippen LogP contribution in [0.4, 0.5) is 16.6 Å². The second kappa shape index (κ2) is 6.21. The number of anilines is 3. The number of thiazole rings is 1. The summed E-state index contributed by atoms with van der Waals surface area (Å²) in [6.07, 6.45) is 1.60. The van der Waals surface area contributed by atoms with Gasteiger partial charge in [0, 0.05) is 18.8 Å². The number of hydrogen-bond donors (Lipinski definition) is 1. The number of hydrogen-bond acceptors (Lipinski definition) is 8. The molecule has 5 rings (SSSR count). The molecule has 1 fully saturated rings. The average Bonchev–Trinajstić information content (AvgIpc) is 3.29. The Balaban J connectivity index is 1.47. The Morgan fingerprint density at radius 3 is 2.96 bits per heavy atom. The number of aromatic nitrogens is 3. The van der Waals surface area contributed by atoms with Crippen LogP contribution in [-0.2, 0) is 4.74 Å². The molecule has 0 bridgehead atoms. The van der Waals surface area contributed by atoms with Crippen LogP contribution in [0.25, 0.3) is 20.4 Å². The van der Waals surface area contributed by atoms with E-state index in [1.165, 1.54) is 4.70 Å². The van der Waals surface area contributed by atoms with Gasteiger partial charge in [-0.25, -0.2) is 15.0 Å². The lowest BCUT2D eigenvalue weighted by molar-refractivity contribution is 0.122. The van der Waals surface area contributed by atoms with Crippen LogP contribution in [0.1, 0.15) is 0 Å². The van der Waals surface area contributed by atoms with Crippen molar-refractivity contribution < 1.29 is 4.74 Å². The Morgan fingerprint density at radius 2 is 2.04 bits per heavy atom. The van der Waals surface area contributed by atoms with Crippen LogP contribution < -0.4 is 10.2 Å². The van der Waals surface area contributed by atoms with Gasteiger partial charge in [-0.05, 0) is 29.6 Å². The molecule has 1 N–H and O–H groups in total. The van der Waals surface area contributed by atoms with Gasteiger partial charge in [-0.1, -0.05) is 11.3 Å². The van der Waals surface area contributed by atoms with Crippen LogP contribution in [0.5, 0.6) is 0 Å². The monoisotopic (exact) mass is 369 g/mol. The van der Waals surface area contributed by atoms with Crippen molar-refractivity contribution >= 4 is 59.7 Å². The summed E-state index contributed by atoms with van der Waals surface area (Å²) in [4.78, 5) is 16.7. The van der Waals surface area contributed by atoms with Gasteiger partial charge in [0.2, 0.25) is 0 Å². The summed E-state index contributed by atoms with van der Waals surface area (Å²) in [6, 6.07) is 8.29.